The second-order valence-electron chi connectivity index (χ2n) is 5.58. The predicted octanol–water partition coefficient (Wildman–Crippen LogP) is 1.21. The first-order chi connectivity index (χ1) is 7.29. The molecule has 0 saturated heterocycles. The van der Waals surface area contributed by atoms with Crippen LogP contribution in [-0.4, -0.2) is 21.2 Å². The van der Waals surface area contributed by atoms with Crippen molar-refractivity contribution >= 4 is 0 Å². The number of aryl methyl sites for hydroxylation is 1. The highest BCUT2D eigenvalue weighted by molar-refractivity contribution is 4.81. The average molecular weight is 225 g/mol. The van der Waals surface area contributed by atoms with E-state index in [1.54, 1.807) is 22.4 Å². The summed E-state index contributed by atoms with van der Waals surface area (Å²) in [7, 11) is 1.77. The first-order valence-corrected chi connectivity index (χ1v) is 5.76. The second kappa shape index (κ2) is 4.87. The van der Waals surface area contributed by atoms with Crippen molar-refractivity contribution in [2.45, 2.75) is 39.8 Å². The predicted molar refractivity (Wildman–Crippen MR) is 66.6 cm³/mol. The largest absolute Gasteiger partial charge is 0.327 e. The number of hydrogen-bond acceptors (Lipinski definition) is 2. The summed E-state index contributed by atoms with van der Waals surface area (Å²) >= 11 is 0. The molecule has 1 aromatic heterocycles. The van der Waals surface area contributed by atoms with Crippen molar-refractivity contribution in [1.29, 1.82) is 0 Å². The average Bonchev–Trinajstić information content (AvgIpc) is 2.46. The molecule has 0 amide bonds. The van der Waals surface area contributed by atoms with Crippen LogP contribution in [0, 0.1) is 5.92 Å². The fraction of sp³-hybridized carbons (Fsp3) is 0.750. The van der Waals surface area contributed by atoms with E-state index in [4.69, 9.17) is 0 Å². The van der Waals surface area contributed by atoms with Crippen LogP contribution in [0.4, 0.5) is 0 Å². The number of hydrogen-bond donors (Lipinski definition) is 1. The fourth-order valence-electron chi connectivity index (χ4n) is 1.53. The molecule has 1 unspecified atom stereocenters. The molecule has 1 aromatic rings. The standard InChI is InChI=1S/C12H23N3O/c1-10(8-13-12(2,3)4)9-15-7-6-14(5)11(15)16/h6-7,10,13H,8-9H2,1-5H3. The Labute approximate surface area is 97.3 Å². The highest BCUT2D eigenvalue weighted by Gasteiger charge is 2.12. The quantitative estimate of drug-likeness (QED) is 0.836. The highest BCUT2D eigenvalue weighted by atomic mass is 16.1. The molecule has 0 fully saturated rings. The summed E-state index contributed by atoms with van der Waals surface area (Å²) in [5.41, 5.74) is 0.193. The summed E-state index contributed by atoms with van der Waals surface area (Å²) in [6, 6.07) is 0. The Morgan fingerprint density at radius 2 is 2.00 bits per heavy atom. The van der Waals surface area contributed by atoms with Crippen molar-refractivity contribution in [3.05, 3.63) is 22.9 Å². The van der Waals surface area contributed by atoms with Crippen molar-refractivity contribution in [3.63, 3.8) is 0 Å². The summed E-state index contributed by atoms with van der Waals surface area (Å²) in [4.78, 5) is 11.6. The molecule has 0 aliphatic carbocycles. The topological polar surface area (TPSA) is 39.0 Å². The molecule has 0 aromatic carbocycles. The van der Waals surface area contributed by atoms with E-state index >= 15 is 0 Å². The molecule has 16 heavy (non-hydrogen) atoms. The summed E-state index contributed by atoms with van der Waals surface area (Å²) < 4.78 is 3.36. The molecule has 92 valence electrons. The van der Waals surface area contributed by atoms with Crippen LogP contribution in [0.2, 0.25) is 0 Å². The minimum absolute atomic E-state index is 0.0580. The van der Waals surface area contributed by atoms with Crippen LogP contribution in [0.1, 0.15) is 27.7 Å². The Hall–Kier alpha value is -1.03. The van der Waals surface area contributed by atoms with Gasteiger partial charge in [0, 0.05) is 31.5 Å². The van der Waals surface area contributed by atoms with Gasteiger partial charge in [-0.1, -0.05) is 6.92 Å². The van der Waals surface area contributed by atoms with Crippen molar-refractivity contribution in [1.82, 2.24) is 14.5 Å². The second-order valence-corrected chi connectivity index (χ2v) is 5.58. The maximum Gasteiger partial charge on any atom is 0.327 e. The smallest absolute Gasteiger partial charge is 0.312 e. The van der Waals surface area contributed by atoms with Gasteiger partial charge in [0.25, 0.3) is 0 Å². The fourth-order valence-corrected chi connectivity index (χ4v) is 1.53. The van der Waals surface area contributed by atoms with Gasteiger partial charge < -0.3 is 9.88 Å². The Morgan fingerprint density at radius 1 is 1.38 bits per heavy atom. The van der Waals surface area contributed by atoms with Crippen molar-refractivity contribution in [2.75, 3.05) is 6.54 Å². The van der Waals surface area contributed by atoms with Crippen LogP contribution in [0.15, 0.2) is 17.2 Å². The zero-order valence-corrected chi connectivity index (χ0v) is 10.9. The van der Waals surface area contributed by atoms with Crippen LogP contribution < -0.4 is 11.0 Å². The van der Waals surface area contributed by atoms with E-state index in [1.165, 1.54) is 0 Å². The maximum absolute atomic E-state index is 11.6. The summed E-state index contributed by atoms with van der Waals surface area (Å²) in [5, 5.41) is 3.45. The van der Waals surface area contributed by atoms with Gasteiger partial charge in [-0.05, 0) is 33.2 Å². The lowest BCUT2D eigenvalue weighted by atomic mass is 10.1. The molecular weight excluding hydrogens is 202 g/mol. The van der Waals surface area contributed by atoms with Crippen LogP contribution in [0.5, 0.6) is 0 Å². The van der Waals surface area contributed by atoms with E-state index in [2.05, 4.69) is 33.0 Å². The van der Waals surface area contributed by atoms with Crippen LogP contribution in [0.3, 0.4) is 0 Å². The zero-order valence-electron chi connectivity index (χ0n) is 10.9. The van der Waals surface area contributed by atoms with E-state index in [0.29, 0.717) is 5.92 Å². The number of aromatic nitrogens is 2. The Balaban J connectivity index is 2.49. The van der Waals surface area contributed by atoms with Gasteiger partial charge in [0.2, 0.25) is 0 Å². The molecule has 4 nitrogen and oxygen atoms in total. The third-order valence-electron chi connectivity index (χ3n) is 2.51. The zero-order chi connectivity index (χ0) is 12.3. The molecule has 0 saturated carbocycles. The minimum atomic E-state index is 0.0580. The van der Waals surface area contributed by atoms with E-state index < -0.39 is 0 Å². The number of nitrogens with zero attached hydrogens (tertiary/aromatic N) is 2. The summed E-state index contributed by atoms with van der Waals surface area (Å²) in [6.45, 7) is 10.3. The molecule has 0 bridgehead atoms. The van der Waals surface area contributed by atoms with E-state index in [0.717, 1.165) is 13.1 Å². The third-order valence-corrected chi connectivity index (χ3v) is 2.51. The molecule has 1 atom stereocenters. The van der Waals surface area contributed by atoms with E-state index in [-0.39, 0.29) is 11.2 Å². The van der Waals surface area contributed by atoms with Crippen molar-refractivity contribution in [2.24, 2.45) is 13.0 Å². The lowest BCUT2D eigenvalue weighted by Gasteiger charge is -2.23. The molecule has 1 rings (SSSR count). The van der Waals surface area contributed by atoms with Crippen molar-refractivity contribution in [3.8, 4) is 0 Å². The van der Waals surface area contributed by atoms with Crippen LogP contribution in [0.25, 0.3) is 0 Å². The Bertz CT molecular complexity index is 384. The summed E-state index contributed by atoms with van der Waals surface area (Å²) in [5.74, 6) is 0.444. The Morgan fingerprint density at radius 3 is 2.44 bits per heavy atom. The lowest BCUT2D eigenvalue weighted by molar-refractivity contribution is 0.357. The van der Waals surface area contributed by atoms with Gasteiger partial charge in [-0.15, -0.1) is 0 Å². The molecule has 1 heterocycles. The normalized spacial score (nSPS) is 14.1. The van der Waals surface area contributed by atoms with E-state index in [1.807, 2.05) is 6.20 Å². The van der Waals surface area contributed by atoms with Gasteiger partial charge in [-0.2, -0.15) is 0 Å². The molecule has 1 N–H and O–H groups in total. The SMILES string of the molecule is CC(CNC(C)(C)C)Cn1ccn(C)c1=O. The molecule has 0 aliphatic heterocycles. The molecule has 0 spiro atoms. The van der Waals surface area contributed by atoms with E-state index in [9.17, 15) is 4.79 Å². The number of rotatable bonds is 4. The van der Waals surface area contributed by atoms with Gasteiger partial charge in [0.1, 0.15) is 0 Å². The summed E-state index contributed by atoms with van der Waals surface area (Å²) in [6.07, 6.45) is 3.64. The molecule has 4 heteroatoms. The van der Waals surface area contributed by atoms with Gasteiger partial charge >= 0.3 is 5.69 Å². The minimum Gasteiger partial charge on any atom is -0.312 e. The van der Waals surface area contributed by atoms with Gasteiger partial charge in [0.15, 0.2) is 0 Å². The molecule has 0 aliphatic rings. The monoisotopic (exact) mass is 225 g/mol. The number of nitrogens with one attached hydrogen (secondary N) is 1. The lowest BCUT2D eigenvalue weighted by Crippen LogP contribution is -2.40. The first kappa shape index (κ1) is 13.0. The van der Waals surface area contributed by atoms with Gasteiger partial charge in [-0.25, -0.2) is 4.79 Å². The van der Waals surface area contributed by atoms with Crippen LogP contribution >= 0.6 is 0 Å². The Kier molecular flexibility index (Phi) is 3.97. The third kappa shape index (κ3) is 3.85. The maximum atomic E-state index is 11.6. The molecular formula is C12H23N3O. The highest BCUT2D eigenvalue weighted by Crippen LogP contribution is 2.03. The van der Waals surface area contributed by atoms with Crippen LogP contribution in [-0.2, 0) is 13.6 Å². The number of imidazole rings is 1. The van der Waals surface area contributed by atoms with Crippen molar-refractivity contribution < 1.29 is 0 Å². The molecule has 0 radical (unpaired) electrons. The first-order valence-electron chi connectivity index (χ1n) is 5.76. The van der Waals surface area contributed by atoms with Gasteiger partial charge in [0.05, 0.1) is 0 Å². The van der Waals surface area contributed by atoms with Gasteiger partial charge in [-0.3, -0.25) is 4.57 Å².